The van der Waals surface area contributed by atoms with Crippen LogP contribution in [-0.2, 0) is 32.6 Å². The minimum absolute atomic E-state index is 0.0328. The third kappa shape index (κ3) is 8.06. The molecule has 0 bridgehead atoms. The molecule has 1 atom stereocenters. The molecule has 4 aromatic carbocycles. The van der Waals surface area contributed by atoms with Gasteiger partial charge in [-0.3, -0.25) is 13.9 Å². The standard InChI is InChI=1S/C36H39N3O6S/c1-2-3-21-37-36(41)32(24-28-13-7-4-8-14-28)38(26-29-15-9-5-10-16-29)35(40)27-39(46(42,43)31-17-11-6-12-18-31)30-19-20-33-34(25-30)45-23-22-44-33/h4-20,25,32H,2-3,21-24,26-27H2,1H3,(H,37,41)/t32-/m0/s1. The normalized spacial score (nSPS) is 13.0. The molecule has 0 radical (unpaired) electrons. The molecule has 0 saturated heterocycles. The molecule has 0 fully saturated rings. The average molecular weight is 642 g/mol. The summed E-state index contributed by atoms with van der Waals surface area (Å²) in [6.45, 7) is 2.78. The number of carbonyl (C=O) groups is 2. The number of ether oxygens (including phenoxy) is 2. The number of hydrogen-bond acceptors (Lipinski definition) is 6. The topological polar surface area (TPSA) is 105 Å². The fraction of sp³-hybridized carbons (Fsp3) is 0.278. The van der Waals surface area contributed by atoms with Crippen LogP contribution < -0.4 is 19.1 Å². The number of nitrogens with zero attached hydrogens (tertiary/aromatic N) is 2. The summed E-state index contributed by atoms with van der Waals surface area (Å²) in [5, 5.41) is 3.01. The molecule has 1 heterocycles. The summed E-state index contributed by atoms with van der Waals surface area (Å²) >= 11 is 0. The summed E-state index contributed by atoms with van der Waals surface area (Å²) < 4.78 is 40.9. The van der Waals surface area contributed by atoms with Gasteiger partial charge in [0.1, 0.15) is 25.8 Å². The number of unbranched alkanes of at least 4 members (excludes halogenated alkanes) is 1. The van der Waals surface area contributed by atoms with Gasteiger partial charge < -0.3 is 19.7 Å². The van der Waals surface area contributed by atoms with Crippen molar-refractivity contribution >= 4 is 27.5 Å². The van der Waals surface area contributed by atoms with Gasteiger partial charge >= 0.3 is 0 Å². The Labute approximate surface area is 270 Å². The predicted octanol–water partition coefficient (Wildman–Crippen LogP) is 5.21. The second kappa shape index (κ2) is 15.4. The Balaban J connectivity index is 1.56. The molecule has 1 N–H and O–H groups in total. The van der Waals surface area contributed by atoms with Crippen molar-refractivity contribution in [3.8, 4) is 11.5 Å². The molecule has 0 saturated carbocycles. The number of benzene rings is 4. The zero-order valence-corrected chi connectivity index (χ0v) is 26.7. The van der Waals surface area contributed by atoms with Gasteiger partial charge in [-0.25, -0.2) is 8.42 Å². The summed E-state index contributed by atoms with van der Waals surface area (Å²) in [5.41, 5.74) is 1.93. The first-order valence-corrected chi connectivity index (χ1v) is 16.9. The third-order valence-electron chi connectivity index (χ3n) is 7.72. The van der Waals surface area contributed by atoms with Gasteiger partial charge in [-0.2, -0.15) is 0 Å². The Morgan fingerprint density at radius 3 is 2.07 bits per heavy atom. The van der Waals surface area contributed by atoms with E-state index in [-0.39, 0.29) is 29.5 Å². The number of anilines is 1. The number of hydrogen-bond donors (Lipinski definition) is 1. The van der Waals surface area contributed by atoms with Gasteiger partial charge in [0.05, 0.1) is 10.6 Å². The molecule has 9 nitrogen and oxygen atoms in total. The van der Waals surface area contributed by atoms with Crippen LogP contribution in [0.25, 0.3) is 0 Å². The minimum atomic E-state index is -4.22. The van der Waals surface area contributed by atoms with E-state index in [0.717, 1.165) is 28.3 Å². The maximum atomic E-state index is 14.5. The van der Waals surface area contributed by atoms with Crippen LogP contribution in [0.15, 0.2) is 114 Å². The Morgan fingerprint density at radius 2 is 1.41 bits per heavy atom. The highest BCUT2D eigenvalue weighted by Crippen LogP contribution is 2.36. The molecule has 46 heavy (non-hydrogen) atoms. The number of fused-ring (bicyclic) bond motifs is 1. The highest BCUT2D eigenvalue weighted by Gasteiger charge is 2.35. The lowest BCUT2D eigenvalue weighted by atomic mass is 10.0. The molecule has 2 amide bonds. The smallest absolute Gasteiger partial charge is 0.264 e. The molecule has 0 spiro atoms. The van der Waals surface area contributed by atoms with Crippen LogP contribution >= 0.6 is 0 Å². The highest BCUT2D eigenvalue weighted by atomic mass is 32.2. The first-order valence-electron chi connectivity index (χ1n) is 15.5. The van der Waals surface area contributed by atoms with Gasteiger partial charge in [0.25, 0.3) is 10.0 Å². The Kier molecular flexibility index (Phi) is 10.9. The van der Waals surface area contributed by atoms with E-state index in [4.69, 9.17) is 9.47 Å². The Morgan fingerprint density at radius 1 is 0.804 bits per heavy atom. The third-order valence-corrected chi connectivity index (χ3v) is 9.51. The molecule has 0 unspecified atom stereocenters. The van der Waals surface area contributed by atoms with Crippen LogP contribution in [0.5, 0.6) is 11.5 Å². The van der Waals surface area contributed by atoms with E-state index in [1.165, 1.54) is 17.0 Å². The lowest BCUT2D eigenvalue weighted by Crippen LogP contribution is -2.53. The van der Waals surface area contributed by atoms with Crippen molar-refractivity contribution in [2.45, 2.75) is 43.7 Å². The van der Waals surface area contributed by atoms with E-state index in [9.17, 15) is 18.0 Å². The maximum absolute atomic E-state index is 14.5. The Hall–Kier alpha value is -4.83. The van der Waals surface area contributed by atoms with Crippen LogP contribution in [0.4, 0.5) is 5.69 Å². The van der Waals surface area contributed by atoms with E-state index < -0.39 is 28.5 Å². The van der Waals surface area contributed by atoms with E-state index in [1.54, 1.807) is 36.4 Å². The van der Waals surface area contributed by atoms with Crippen molar-refractivity contribution in [1.82, 2.24) is 10.2 Å². The van der Waals surface area contributed by atoms with Gasteiger partial charge in [0.2, 0.25) is 11.8 Å². The van der Waals surface area contributed by atoms with E-state index >= 15 is 0 Å². The summed E-state index contributed by atoms with van der Waals surface area (Å²) in [5.74, 6) is 0.0711. The minimum Gasteiger partial charge on any atom is -0.486 e. The van der Waals surface area contributed by atoms with Crippen molar-refractivity contribution in [1.29, 1.82) is 0 Å². The SMILES string of the molecule is CCCCNC(=O)[C@H](Cc1ccccc1)N(Cc1ccccc1)C(=O)CN(c1ccc2c(c1)OCCO2)S(=O)(=O)c1ccccc1. The monoisotopic (exact) mass is 641 g/mol. The highest BCUT2D eigenvalue weighted by molar-refractivity contribution is 7.92. The largest absolute Gasteiger partial charge is 0.486 e. The Bertz CT molecular complexity index is 1700. The molecular weight excluding hydrogens is 602 g/mol. The predicted molar refractivity (Wildman–Crippen MR) is 177 cm³/mol. The second-order valence-corrected chi connectivity index (χ2v) is 12.9. The van der Waals surface area contributed by atoms with Crippen LogP contribution in [0.1, 0.15) is 30.9 Å². The van der Waals surface area contributed by atoms with Gasteiger partial charge in [0, 0.05) is 25.6 Å². The summed E-state index contributed by atoms with van der Waals surface area (Å²) in [4.78, 5) is 29.9. The van der Waals surface area contributed by atoms with Gasteiger partial charge in [-0.1, -0.05) is 92.2 Å². The number of amides is 2. The van der Waals surface area contributed by atoms with Crippen LogP contribution in [0.2, 0.25) is 0 Å². The zero-order valence-electron chi connectivity index (χ0n) is 25.9. The van der Waals surface area contributed by atoms with Crippen LogP contribution in [-0.4, -0.2) is 57.5 Å². The number of carbonyl (C=O) groups excluding carboxylic acids is 2. The summed E-state index contributed by atoms with van der Waals surface area (Å²) in [6.07, 6.45) is 1.95. The fourth-order valence-corrected chi connectivity index (χ4v) is 6.70. The first kappa shape index (κ1) is 32.6. The molecular formula is C36H39N3O6S. The molecule has 1 aliphatic rings. The van der Waals surface area contributed by atoms with Crippen molar-refractivity contribution in [3.05, 3.63) is 120 Å². The van der Waals surface area contributed by atoms with Crippen molar-refractivity contribution in [2.24, 2.45) is 0 Å². The lowest BCUT2D eigenvalue weighted by Gasteiger charge is -2.34. The summed E-state index contributed by atoms with van der Waals surface area (Å²) in [6, 6.07) is 30.8. The van der Waals surface area contributed by atoms with Gasteiger partial charge in [0.15, 0.2) is 11.5 Å². The van der Waals surface area contributed by atoms with Crippen molar-refractivity contribution < 1.29 is 27.5 Å². The van der Waals surface area contributed by atoms with Crippen molar-refractivity contribution in [3.63, 3.8) is 0 Å². The number of sulfonamides is 1. The molecule has 4 aromatic rings. The van der Waals surface area contributed by atoms with E-state index in [0.29, 0.717) is 31.3 Å². The van der Waals surface area contributed by atoms with Gasteiger partial charge in [-0.15, -0.1) is 0 Å². The number of rotatable bonds is 14. The van der Waals surface area contributed by atoms with Crippen LogP contribution in [0, 0.1) is 0 Å². The molecule has 0 aromatic heterocycles. The second-order valence-electron chi connectivity index (χ2n) is 11.0. The van der Waals surface area contributed by atoms with Gasteiger partial charge in [-0.05, 0) is 41.8 Å². The average Bonchev–Trinajstić information content (AvgIpc) is 3.09. The summed E-state index contributed by atoms with van der Waals surface area (Å²) in [7, 11) is -4.22. The quantitative estimate of drug-likeness (QED) is 0.190. The van der Waals surface area contributed by atoms with Crippen molar-refractivity contribution in [2.75, 3.05) is 30.6 Å². The maximum Gasteiger partial charge on any atom is 0.264 e. The molecule has 0 aliphatic carbocycles. The molecule has 10 heteroatoms. The number of nitrogens with one attached hydrogen (secondary N) is 1. The zero-order chi connectivity index (χ0) is 32.4. The van der Waals surface area contributed by atoms with Crippen LogP contribution in [0.3, 0.4) is 0 Å². The molecule has 5 rings (SSSR count). The van der Waals surface area contributed by atoms with E-state index in [2.05, 4.69) is 5.32 Å². The molecule has 240 valence electrons. The fourth-order valence-electron chi connectivity index (χ4n) is 5.28. The first-order chi connectivity index (χ1) is 22.4. The molecule has 1 aliphatic heterocycles. The van der Waals surface area contributed by atoms with E-state index in [1.807, 2.05) is 67.6 Å². The lowest BCUT2D eigenvalue weighted by molar-refractivity contribution is -0.140.